The van der Waals surface area contributed by atoms with Gasteiger partial charge in [0.1, 0.15) is 12.0 Å². The summed E-state index contributed by atoms with van der Waals surface area (Å²) in [6, 6.07) is 0. The number of quaternary nitrogens is 1. The van der Waals surface area contributed by atoms with Crippen LogP contribution < -0.4 is 5.73 Å². The third kappa shape index (κ3) is 3.35. The lowest BCUT2D eigenvalue weighted by molar-refractivity contribution is -0.483. The van der Waals surface area contributed by atoms with Crippen LogP contribution >= 0.6 is 0 Å². The van der Waals surface area contributed by atoms with Crippen molar-refractivity contribution < 1.29 is 15.3 Å². The fraction of sp³-hybridized carbons (Fsp3) is 0.900. The molecule has 0 aliphatic heterocycles. The van der Waals surface area contributed by atoms with Gasteiger partial charge in [-0.15, -0.1) is 0 Å². The van der Waals surface area contributed by atoms with Crippen LogP contribution in [0.3, 0.4) is 0 Å². The van der Waals surface area contributed by atoms with E-state index in [-0.39, 0.29) is 11.5 Å². The third-order valence-electron chi connectivity index (χ3n) is 2.74. The van der Waals surface area contributed by atoms with Crippen LogP contribution in [0, 0.1) is 0 Å². The van der Waals surface area contributed by atoms with Crippen LogP contribution in [0.5, 0.6) is 0 Å². The lowest BCUT2D eigenvalue weighted by Crippen LogP contribution is -2.73. The fourth-order valence-corrected chi connectivity index (χ4v) is 2.00. The van der Waals surface area contributed by atoms with Gasteiger partial charge >= 0.3 is 5.97 Å². The summed E-state index contributed by atoms with van der Waals surface area (Å²) in [5.74, 6) is -0.0839. The van der Waals surface area contributed by atoms with E-state index >= 15 is 0 Å². The smallest absolute Gasteiger partial charge is 0.312 e. The van der Waals surface area contributed by atoms with Crippen LogP contribution in [-0.2, 0) is 9.53 Å². The van der Waals surface area contributed by atoms with Gasteiger partial charge in [0.15, 0.2) is 0 Å². The topological polar surface area (TPSA) is 53.9 Å². The number of ether oxygens (including phenoxy) is 1. The fourth-order valence-electron chi connectivity index (χ4n) is 2.00. The summed E-state index contributed by atoms with van der Waals surface area (Å²) in [7, 11) is 0. The van der Waals surface area contributed by atoms with Gasteiger partial charge < -0.3 is 10.5 Å². The zero-order chi connectivity index (χ0) is 9.73. The maximum atomic E-state index is 11.3. The van der Waals surface area contributed by atoms with Gasteiger partial charge in [-0.3, -0.25) is 4.79 Å². The molecule has 13 heavy (non-hydrogen) atoms. The molecule has 0 aromatic carbocycles. The van der Waals surface area contributed by atoms with Crippen molar-refractivity contribution >= 4 is 5.97 Å². The van der Waals surface area contributed by atoms with Crippen molar-refractivity contribution in [2.75, 3.05) is 6.61 Å². The molecular formula is C10H20NO2+. The SMILES string of the molecule is CCOC(=O)CC1([NH3+])CCCCC1. The molecule has 0 unspecified atom stereocenters. The van der Waals surface area contributed by atoms with Crippen molar-refractivity contribution in [3.63, 3.8) is 0 Å². The van der Waals surface area contributed by atoms with Gasteiger partial charge in [-0.2, -0.15) is 0 Å². The highest BCUT2D eigenvalue weighted by molar-refractivity contribution is 5.70. The van der Waals surface area contributed by atoms with E-state index in [4.69, 9.17) is 4.74 Å². The maximum absolute atomic E-state index is 11.3. The van der Waals surface area contributed by atoms with Crippen molar-refractivity contribution in [3.05, 3.63) is 0 Å². The number of carbonyl (C=O) groups excluding carboxylic acids is 1. The molecule has 3 nitrogen and oxygen atoms in total. The molecule has 1 saturated carbocycles. The Balaban J connectivity index is 2.36. The highest BCUT2D eigenvalue weighted by atomic mass is 16.5. The van der Waals surface area contributed by atoms with Crippen molar-refractivity contribution in [2.45, 2.75) is 51.0 Å². The van der Waals surface area contributed by atoms with Gasteiger partial charge in [0, 0.05) is 12.8 Å². The van der Waals surface area contributed by atoms with Gasteiger partial charge in [-0.1, -0.05) is 6.42 Å². The predicted octanol–water partition coefficient (Wildman–Crippen LogP) is 0.884. The second kappa shape index (κ2) is 4.61. The van der Waals surface area contributed by atoms with Crippen LogP contribution in [0.15, 0.2) is 0 Å². The minimum Gasteiger partial charge on any atom is -0.466 e. The molecule has 0 saturated heterocycles. The molecule has 0 aromatic heterocycles. The van der Waals surface area contributed by atoms with Gasteiger partial charge in [0.25, 0.3) is 0 Å². The molecule has 0 spiro atoms. The summed E-state index contributed by atoms with van der Waals surface area (Å²) in [4.78, 5) is 11.3. The molecule has 0 amide bonds. The molecule has 76 valence electrons. The first-order valence-electron chi connectivity index (χ1n) is 5.17. The number of hydrogen-bond donors (Lipinski definition) is 1. The first-order chi connectivity index (χ1) is 6.16. The molecule has 1 aliphatic carbocycles. The number of esters is 1. The Bertz CT molecular complexity index is 174. The van der Waals surface area contributed by atoms with Crippen molar-refractivity contribution in [1.82, 2.24) is 0 Å². The Morgan fingerprint density at radius 1 is 1.38 bits per heavy atom. The van der Waals surface area contributed by atoms with Crippen LogP contribution in [0.2, 0.25) is 0 Å². The largest absolute Gasteiger partial charge is 0.466 e. The Morgan fingerprint density at radius 3 is 2.54 bits per heavy atom. The van der Waals surface area contributed by atoms with Crippen molar-refractivity contribution in [1.29, 1.82) is 0 Å². The summed E-state index contributed by atoms with van der Waals surface area (Å²) in [6.07, 6.45) is 6.37. The van der Waals surface area contributed by atoms with Crippen LogP contribution in [0.4, 0.5) is 0 Å². The molecule has 0 radical (unpaired) electrons. The molecule has 0 atom stereocenters. The van der Waals surface area contributed by atoms with Crippen LogP contribution in [0.1, 0.15) is 45.4 Å². The Morgan fingerprint density at radius 2 is 2.00 bits per heavy atom. The summed E-state index contributed by atoms with van der Waals surface area (Å²) in [6.45, 7) is 2.32. The highest BCUT2D eigenvalue weighted by Crippen LogP contribution is 2.27. The highest BCUT2D eigenvalue weighted by Gasteiger charge is 2.34. The molecule has 3 heteroatoms. The molecular weight excluding hydrogens is 166 g/mol. The number of carbonyl (C=O) groups is 1. The van der Waals surface area contributed by atoms with Gasteiger partial charge in [-0.25, -0.2) is 0 Å². The van der Waals surface area contributed by atoms with Crippen LogP contribution in [0.25, 0.3) is 0 Å². The van der Waals surface area contributed by atoms with E-state index in [1.165, 1.54) is 19.3 Å². The molecule has 0 heterocycles. The first kappa shape index (κ1) is 10.5. The maximum Gasteiger partial charge on any atom is 0.312 e. The van der Waals surface area contributed by atoms with Crippen molar-refractivity contribution in [2.24, 2.45) is 0 Å². The molecule has 1 fully saturated rings. The molecule has 0 bridgehead atoms. The number of hydrogen-bond acceptors (Lipinski definition) is 2. The predicted molar refractivity (Wildman–Crippen MR) is 50.0 cm³/mol. The second-order valence-electron chi connectivity index (χ2n) is 4.04. The standard InChI is InChI=1S/C10H19NO2/c1-2-13-9(12)8-10(11)6-4-3-5-7-10/h2-8,11H2,1H3/p+1. The zero-order valence-corrected chi connectivity index (χ0v) is 8.47. The summed E-state index contributed by atoms with van der Waals surface area (Å²) in [5.41, 5.74) is 4.13. The van der Waals surface area contributed by atoms with Crippen molar-refractivity contribution in [3.8, 4) is 0 Å². The van der Waals surface area contributed by atoms with E-state index in [1.807, 2.05) is 6.92 Å². The van der Waals surface area contributed by atoms with Gasteiger partial charge in [-0.05, 0) is 19.8 Å². The quantitative estimate of drug-likeness (QED) is 0.665. The normalized spacial score (nSPS) is 21.1. The third-order valence-corrected chi connectivity index (χ3v) is 2.74. The Hall–Kier alpha value is -0.570. The Kier molecular flexibility index (Phi) is 3.72. The monoisotopic (exact) mass is 186 g/mol. The zero-order valence-electron chi connectivity index (χ0n) is 8.47. The molecule has 1 rings (SSSR count). The minimum absolute atomic E-state index is 0.0233. The summed E-state index contributed by atoms with van der Waals surface area (Å²) in [5, 5.41) is 0. The average molecular weight is 186 g/mol. The molecule has 0 aromatic rings. The second-order valence-corrected chi connectivity index (χ2v) is 4.04. The lowest BCUT2D eigenvalue weighted by Gasteiger charge is -2.28. The van der Waals surface area contributed by atoms with Crippen LogP contribution in [-0.4, -0.2) is 18.1 Å². The van der Waals surface area contributed by atoms with E-state index in [9.17, 15) is 4.79 Å². The van der Waals surface area contributed by atoms with E-state index < -0.39 is 0 Å². The average Bonchev–Trinajstić information content (AvgIpc) is 2.04. The molecule has 3 N–H and O–H groups in total. The summed E-state index contributed by atoms with van der Waals surface area (Å²) < 4.78 is 4.93. The lowest BCUT2D eigenvalue weighted by atomic mass is 9.80. The minimum atomic E-state index is -0.0839. The van der Waals surface area contributed by atoms with E-state index in [1.54, 1.807) is 0 Å². The molecule has 1 aliphatic rings. The van der Waals surface area contributed by atoms with E-state index in [2.05, 4.69) is 5.73 Å². The first-order valence-corrected chi connectivity index (χ1v) is 5.17. The number of rotatable bonds is 3. The van der Waals surface area contributed by atoms with Gasteiger partial charge in [0.2, 0.25) is 0 Å². The van der Waals surface area contributed by atoms with Gasteiger partial charge in [0.05, 0.1) is 6.61 Å². The van der Waals surface area contributed by atoms with E-state index in [0.717, 1.165) is 12.8 Å². The summed E-state index contributed by atoms with van der Waals surface area (Å²) >= 11 is 0. The Labute approximate surface area is 79.6 Å². The van der Waals surface area contributed by atoms with E-state index in [0.29, 0.717) is 13.0 Å².